The second kappa shape index (κ2) is 1.98. The molecule has 0 radical (unpaired) electrons. The minimum Gasteiger partial charge on any atom is -0.315 e. The van der Waals surface area contributed by atoms with Crippen LogP contribution in [0, 0.1) is 0 Å². The molecule has 0 fully saturated rings. The van der Waals surface area contributed by atoms with Gasteiger partial charge in [-0.15, -0.1) is 4.65 Å². The molecule has 0 N–H and O–H groups in total. The average molecular weight is 150 g/mol. The number of benzene rings is 1. The molecule has 0 saturated carbocycles. The quantitative estimate of drug-likeness (QED) is 0.510. The van der Waals surface area contributed by atoms with Crippen LogP contribution in [0.25, 0.3) is 0 Å². The maximum Gasteiger partial charge on any atom is 0.199 e. The van der Waals surface area contributed by atoms with Crippen LogP contribution in [0.1, 0.15) is 5.56 Å². The molecule has 1 heterocycles. The van der Waals surface area contributed by atoms with Crippen LogP contribution in [0.4, 0.5) is 0 Å². The molecule has 2 rings (SSSR count). The van der Waals surface area contributed by atoms with Crippen molar-refractivity contribution in [2.75, 3.05) is 14.1 Å². The van der Waals surface area contributed by atoms with Gasteiger partial charge in [-0.1, -0.05) is 12.1 Å². The van der Waals surface area contributed by atoms with Crippen LogP contribution in [0.3, 0.4) is 0 Å². The van der Waals surface area contributed by atoms with Gasteiger partial charge in [-0.2, -0.15) is 0 Å². The monoisotopic (exact) mass is 150 g/mol. The van der Waals surface area contributed by atoms with Crippen molar-refractivity contribution >= 4 is 0 Å². The first-order valence-electron chi connectivity index (χ1n) is 3.78. The molecule has 1 aromatic rings. The highest BCUT2D eigenvalue weighted by atomic mass is 16.7. The largest absolute Gasteiger partial charge is 0.315 e. The maximum absolute atomic E-state index is 5.63. The van der Waals surface area contributed by atoms with Gasteiger partial charge in [0.1, 0.15) is 20.6 Å². The first kappa shape index (κ1) is 6.68. The number of fused-ring (bicyclic) bond motifs is 1. The van der Waals surface area contributed by atoms with E-state index in [0.717, 1.165) is 12.3 Å². The lowest BCUT2D eigenvalue weighted by atomic mass is 10.2. The normalized spacial score (nSPS) is 19.1. The van der Waals surface area contributed by atoms with E-state index in [-0.39, 0.29) is 0 Å². The van der Waals surface area contributed by atoms with Crippen molar-refractivity contribution in [2.45, 2.75) is 6.54 Å². The highest BCUT2D eigenvalue weighted by molar-refractivity contribution is 5.33. The zero-order chi connectivity index (χ0) is 7.90. The van der Waals surface area contributed by atoms with Gasteiger partial charge in [0.25, 0.3) is 0 Å². The van der Waals surface area contributed by atoms with E-state index in [1.807, 2.05) is 18.2 Å². The second-order valence-electron chi connectivity index (χ2n) is 3.43. The van der Waals surface area contributed by atoms with Crippen molar-refractivity contribution in [3.05, 3.63) is 29.8 Å². The van der Waals surface area contributed by atoms with Crippen molar-refractivity contribution in [2.24, 2.45) is 0 Å². The Hall–Kier alpha value is -1.02. The molecule has 0 spiro atoms. The molecule has 2 nitrogen and oxygen atoms in total. The Morgan fingerprint density at radius 1 is 1.27 bits per heavy atom. The Kier molecular flexibility index (Phi) is 1.20. The zero-order valence-corrected chi connectivity index (χ0v) is 6.87. The Morgan fingerprint density at radius 2 is 2.00 bits per heavy atom. The lowest BCUT2D eigenvalue weighted by molar-refractivity contribution is -1.05. The molecule has 1 aromatic carbocycles. The molecule has 0 aliphatic carbocycles. The summed E-state index contributed by atoms with van der Waals surface area (Å²) in [6, 6.07) is 8.18. The van der Waals surface area contributed by atoms with Gasteiger partial charge < -0.3 is 4.84 Å². The standard InChI is InChI=1S/C9H12NO/c1-10(2)7-8-5-3-4-6-9(8)11-10/h3-6H,7H2,1-2H3/q+1. The van der Waals surface area contributed by atoms with E-state index in [9.17, 15) is 0 Å². The SMILES string of the molecule is C[N+]1(C)Cc2ccccc2O1. The molecular formula is C9H12NO+. The smallest absolute Gasteiger partial charge is 0.199 e. The minimum absolute atomic E-state index is 0.610. The van der Waals surface area contributed by atoms with Gasteiger partial charge >= 0.3 is 0 Å². The minimum atomic E-state index is 0.610. The van der Waals surface area contributed by atoms with Crippen LogP contribution in [0.2, 0.25) is 0 Å². The number of hydroxylamine groups is 3. The van der Waals surface area contributed by atoms with Crippen LogP contribution in [-0.4, -0.2) is 18.7 Å². The van der Waals surface area contributed by atoms with Crippen LogP contribution >= 0.6 is 0 Å². The molecule has 11 heavy (non-hydrogen) atoms. The lowest BCUT2D eigenvalue weighted by Gasteiger charge is -2.18. The Balaban J connectivity index is 2.41. The van der Waals surface area contributed by atoms with Gasteiger partial charge in [0.2, 0.25) is 0 Å². The highest BCUT2D eigenvalue weighted by Crippen LogP contribution is 2.29. The van der Waals surface area contributed by atoms with Gasteiger partial charge in [0.15, 0.2) is 5.75 Å². The first-order valence-corrected chi connectivity index (χ1v) is 3.78. The summed E-state index contributed by atoms with van der Waals surface area (Å²) in [4.78, 5) is 5.63. The summed E-state index contributed by atoms with van der Waals surface area (Å²) in [6.07, 6.45) is 0. The molecule has 0 amide bonds. The van der Waals surface area contributed by atoms with Gasteiger partial charge in [-0.25, -0.2) is 0 Å². The van der Waals surface area contributed by atoms with Gasteiger partial charge in [-0.05, 0) is 12.1 Å². The Bertz CT molecular complexity index is 254. The number of rotatable bonds is 0. The number of para-hydroxylation sites is 1. The van der Waals surface area contributed by atoms with E-state index in [1.165, 1.54) is 5.56 Å². The van der Waals surface area contributed by atoms with Crippen molar-refractivity contribution in [1.82, 2.24) is 0 Å². The zero-order valence-electron chi connectivity index (χ0n) is 6.87. The Morgan fingerprint density at radius 3 is 2.73 bits per heavy atom. The van der Waals surface area contributed by atoms with Crippen LogP contribution in [-0.2, 0) is 6.54 Å². The fourth-order valence-electron chi connectivity index (χ4n) is 1.43. The summed E-state index contributed by atoms with van der Waals surface area (Å²) in [7, 11) is 4.11. The number of hydrogen-bond acceptors (Lipinski definition) is 1. The van der Waals surface area contributed by atoms with Crippen molar-refractivity contribution in [1.29, 1.82) is 0 Å². The molecule has 1 aliphatic rings. The van der Waals surface area contributed by atoms with E-state index in [2.05, 4.69) is 20.2 Å². The molecule has 0 saturated heterocycles. The van der Waals surface area contributed by atoms with E-state index in [4.69, 9.17) is 4.84 Å². The topological polar surface area (TPSA) is 9.23 Å². The third-order valence-corrected chi connectivity index (χ3v) is 1.87. The maximum atomic E-state index is 5.63. The summed E-state index contributed by atoms with van der Waals surface area (Å²) in [6.45, 7) is 0.968. The number of nitrogens with zero attached hydrogens (tertiary/aromatic N) is 1. The lowest BCUT2D eigenvalue weighted by Crippen LogP contribution is -2.37. The fraction of sp³-hybridized carbons (Fsp3) is 0.333. The van der Waals surface area contributed by atoms with Crippen LogP contribution < -0.4 is 4.84 Å². The van der Waals surface area contributed by atoms with Crippen LogP contribution in [0.15, 0.2) is 24.3 Å². The molecule has 58 valence electrons. The summed E-state index contributed by atoms with van der Waals surface area (Å²) < 4.78 is 0.610. The van der Waals surface area contributed by atoms with Crippen molar-refractivity contribution in [3.63, 3.8) is 0 Å². The summed E-state index contributed by atoms with van der Waals surface area (Å²) in [5.74, 6) is 1.03. The molecule has 0 atom stereocenters. The molecule has 0 unspecified atom stereocenters. The first-order chi connectivity index (χ1) is 5.17. The third kappa shape index (κ3) is 1.10. The summed E-state index contributed by atoms with van der Waals surface area (Å²) >= 11 is 0. The van der Waals surface area contributed by atoms with Crippen LogP contribution in [0.5, 0.6) is 5.75 Å². The van der Waals surface area contributed by atoms with Gasteiger partial charge in [0.05, 0.1) is 5.56 Å². The van der Waals surface area contributed by atoms with Gasteiger partial charge in [-0.3, -0.25) is 0 Å². The van der Waals surface area contributed by atoms with Crippen molar-refractivity contribution < 1.29 is 9.48 Å². The van der Waals surface area contributed by atoms with Gasteiger partial charge in [0, 0.05) is 0 Å². The summed E-state index contributed by atoms with van der Waals surface area (Å²) in [5, 5.41) is 0. The molecular weight excluding hydrogens is 138 g/mol. The van der Waals surface area contributed by atoms with E-state index in [1.54, 1.807) is 0 Å². The average Bonchev–Trinajstić information content (AvgIpc) is 2.21. The molecule has 1 aliphatic heterocycles. The molecule has 2 heteroatoms. The van der Waals surface area contributed by atoms with E-state index >= 15 is 0 Å². The number of quaternary nitrogens is 1. The Labute approximate surface area is 66.6 Å². The fourth-order valence-corrected chi connectivity index (χ4v) is 1.43. The van der Waals surface area contributed by atoms with Crippen molar-refractivity contribution in [3.8, 4) is 5.75 Å². The molecule has 0 bridgehead atoms. The van der Waals surface area contributed by atoms with E-state index in [0.29, 0.717) is 4.65 Å². The number of hydrogen-bond donors (Lipinski definition) is 0. The molecule has 0 aromatic heterocycles. The van der Waals surface area contributed by atoms with E-state index < -0.39 is 0 Å². The predicted molar refractivity (Wildman–Crippen MR) is 42.9 cm³/mol. The highest BCUT2D eigenvalue weighted by Gasteiger charge is 2.29. The predicted octanol–water partition coefficient (Wildman–Crippen LogP) is 1.57. The summed E-state index contributed by atoms with van der Waals surface area (Å²) in [5.41, 5.74) is 1.30. The second-order valence-corrected chi connectivity index (χ2v) is 3.43. The third-order valence-electron chi connectivity index (χ3n) is 1.87.